The molecular weight excluding hydrogens is 214 g/mol. The average molecular weight is 231 g/mol. The summed E-state index contributed by atoms with van der Waals surface area (Å²) < 4.78 is 0. The van der Waals surface area contributed by atoms with E-state index in [4.69, 9.17) is 0 Å². The molecule has 1 N–H and O–H groups in total. The number of aryl methyl sites for hydroxylation is 2. The molecule has 1 nitrogen and oxygen atoms in total. The summed E-state index contributed by atoms with van der Waals surface area (Å²) in [5, 5.41) is 7.86. The van der Waals surface area contributed by atoms with E-state index < -0.39 is 0 Å². The Balaban J connectivity index is 2.15. The van der Waals surface area contributed by atoms with Crippen LogP contribution in [0.3, 0.4) is 0 Å². The minimum atomic E-state index is 0.368. The lowest BCUT2D eigenvalue weighted by atomic mass is 10.1. The highest BCUT2D eigenvalue weighted by molar-refractivity contribution is 7.07. The second-order valence-corrected chi connectivity index (χ2v) is 5.02. The Morgan fingerprint density at radius 3 is 2.62 bits per heavy atom. The molecule has 0 bridgehead atoms. The third-order valence-electron chi connectivity index (χ3n) is 2.80. The van der Waals surface area contributed by atoms with Crippen LogP contribution in [-0.2, 0) is 0 Å². The van der Waals surface area contributed by atoms with E-state index in [1.807, 2.05) is 0 Å². The Kier molecular flexibility index (Phi) is 3.30. The van der Waals surface area contributed by atoms with Gasteiger partial charge in [0.2, 0.25) is 0 Å². The Morgan fingerprint density at radius 1 is 1.19 bits per heavy atom. The zero-order chi connectivity index (χ0) is 11.5. The first-order valence-electron chi connectivity index (χ1n) is 5.52. The molecule has 16 heavy (non-hydrogen) atoms. The Labute approximate surface area is 101 Å². The van der Waals surface area contributed by atoms with Crippen molar-refractivity contribution in [2.45, 2.75) is 26.8 Å². The molecule has 0 saturated carbocycles. The van der Waals surface area contributed by atoms with Crippen molar-refractivity contribution >= 4 is 17.0 Å². The van der Waals surface area contributed by atoms with Crippen LogP contribution >= 0.6 is 11.3 Å². The van der Waals surface area contributed by atoms with Gasteiger partial charge in [-0.25, -0.2) is 0 Å². The topological polar surface area (TPSA) is 12.0 Å². The van der Waals surface area contributed by atoms with Gasteiger partial charge in [0.25, 0.3) is 0 Å². The van der Waals surface area contributed by atoms with E-state index in [9.17, 15) is 0 Å². The predicted octanol–water partition coefficient (Wildman–Crippen LogP) is 4.54. The highest BCUT2D eigenvalue weighted by Gasteiger charge is 2.06. The van der Waals surface area contributed by atoms with E-state index in [1.165, 1.54) is 22.4 Å². The van der Waals surface area contributed by atoms with E-state index in [2.05, 4.69) is 61.1 Å². The van der Waals surface area contributed by atoms with Crippen molar-refractivity contribution in [3.8, 4) is 0 Å². The number of benzene rings is 1. The fraction of sp³-hybridized carbons (Fsp3) is 0.286. The highest BCUT2D eigenvalue weighted by Crippen LogP contribution is 2.23. The number of anilines is 1. The Bertz CT molecular complexity index is 460. The summed E-state index contributed by atoms with van der Waals surface area (Å²) in [4.78, 5) is 0. The quantitative estimate of drug-likeness (QED) is 0.818. The molecule has 84 valence electrons. The molecule has 1 heterocycles. The smallest absolute Gasteiger partial charge is 0.0493 e. The van der Waals surface area contributed by atoms with Crippen molar-refractivity contribution < 1.29 is 0 Å². The monoisotopic (exact) mass is 231 g/mol. The standard InChI is InChI=1S/C14H17NS/c1-10-4-5-14(11(2)8-10)15-12(3)13-6-7-16-9-13/h4-9,12,15H,1-3H3. The molecule has 2 heteroatoms. The predicted molar refractivity (Wildman–Crippen MR) is 72.3 cm³/mol. The SMILES string of the molecule is Cc1ccc(NC(C)c2ccsc2)c(C)c1. The fourth-order valence-corrected chi connectivity index (χ4v) is 2.57. The van der Waals surface area contributed by atoms with Crippen LogP contribution in [0.2, 0.25) is 0 Å². The second kappa shape index (κ2) is 4.71. The third kappa shape index (κ3) is 2.45. The van der Waals surface area contributed by atoms with Gasteiger partial charge in [-0.05, 0) is 54.8 Å². The first kappa shape index (κ1) is 11.2. The molecule has 0 amide bonds. The lowest BCUT2D eigenvalue weighted by Crippen LogP contribution is -2.06. The molecule has 0 spiro atoms. The number of nitrogens with one attached hydrogen (secondary N) is 1. The van der Waals surface area contributed by atoms with Gasteiger partial charge in [-0.2, -0.15) is 11.3 Å². The summed E-state index contributed by atoms with van der Waals surface area (Å²) >= 11 is 1.75. The summed E-state index contributed by atoms with van der Waals surface area (Å²) in [6.45, 7) is 6.47. The fourth-order valence-electron chi connectivity index (χ4n) is 1.81. The highest BCUT2D eigenvalue weighted by atomic mass is 32.1. The minimum Gasteiger partial charge on any atom is -0.378 e. The van der Waals surface area contributed by atoms with Gasteiger partial charge in [-0.3, -0.25) is 0 Å². The van der Waals surface area contributed by atoms with Crippen molar-refractivity contribution in [2.75, 3.05) is 5.32 Å². The zero-order valence-electron chi connectivity index (χ0n) is 9.95. The van der Waals surface area contributed by atoms with E-state index >= 15 is 0 Å². The molecule has 1 atom stereocenters. The lowest BCUT2D eigenvalue weighted by molar-refractivity contribution is 0.888. The number of rotatable bonds is 3. The van der Waals surface area contributed by atoms with Gasteiger partial charge in [0.05, 0.1) is 0 Å². The van der Waals surface area contributed by atoms with E-state index in [-0.39, 0.29) is 0 Å². The van der Waals surface area contributed by atoms with E-state index in [0.29, 0.717) is 6.04 Å². The summed E-state index contributed by atoms with van der Waals surface area (Å²) in [7, 11) is 0. The van der Waals surface area contributed by atoms with Crippen molar-refractivity contribution in [2.24, 2.45) is 0 Å². The van der Waals surface area contributed by atoms with Gasteiger partial charge in [-0.1, -0.05) is 17.7 Å². The van der Waals surface area contributed by atoms with E-state index in [0.717, 1.165) is 0 Å². The van der Waals surface area contributed by atoms with Crippen LogP contribution in [0.25, 0.3) is 0 Å². The molecule has 1 aromatic carbocycles. The maximum Gasteiger partial charge on any atom is 0.0493 e. The van der Waals surface area contributed by atoms with Crippen LogP contribution in [-0.4, -0.2) is 0 Å². The van der Waals surface area contributed by atoms with Gasteiger partial charge >= 0.3 is 0 Å². The van der Waals surface area contributed by atoms with Crippen LogP contribution in [0.5, 0.6) is 0 Å². The van der Waals surface area contributed by atoms with Gasteiger partial charge in [0.1, 0.15) is 0 Å². The summed E-state index contributed by atoms with van der Waals surface area (Å²) in [6, 6.07) is 9.06. The van der Waals surface area contributed by atoms with Gasteiger partial charge in [0, 0.05) is 11.7 Å². The van der Waals surface area contributed by atoms with Crippen molar-refractivity contribution in [3.63, 3.8) is 0 Å². The molecule has 2 aromatic rings. The Hall–Kier alpha value is -1.28. The lowest BCUT2D eigenvalue weighted by Gasteiger charge is -2.16. The third-order valence-corrected chi connectivity index (χ3v) is 3.50. The molecule has 0 aliphatic rings. The average Bonchev–Trinajstić information content (AvgIpc) is 2.75. The molecule has 1 aromatic heterocycles. The number of hydrogen-bond acceptors (Lipinski definition) is 2. The van der Waals surface area contributed by atoms with Crippen LogP contribution in [0.15, 0.2) is 35.0 Å². The van der Waals surface area contributed by atoms with Crippen LogP contribution in [0.1, 0.15) is 29.7 Å². The number of thiophene rings is 1. The molecular formula is C14H17NS. The summed E-state index contributed by atoms with van der Waals surface area (Å²) in [5.41, 5.74) is 5.20. The number of hydrogen-bond donors (Lipinski definition) is 1. The van der Waals surface area contributed by atoms with Crippen molar-refractivity contribution in [1.29, 1.82) is 0 Å². The molecule has 0 aliphatic heterocycles. The largest absolute Gasteiger partial charge is 0.378 e. The van der Waals surface area contributed by atoms with E-state index in [1.54, 1.807) is 11.3 Å². The molecule has 0 aliphatic carbocycles. The molecule has 0 radical (unpaired) electrons. The summed E-state index contributed by atoms with van der Waals surface area (Å²) in [6.07, 6.45) is 0. The second-order valence-electron chi connectivity index (χ2n) is 4.24. The summed E-state index contributed by atoms with van der Waals surface area (Å²) in [5.74, 6) is 0. The molecule has 1 unspecified atom stereocenters. The first-order valence-corrected chi connectivity index (χ1v) is 6.47. The van der Waals surface area contributed by atoms with Gasteiger partial charge < -0.3 is 5.32 Å². The Morgan fingerprint density at radius 2 is 2.00 bits per heavy atom. The maximum absolute atomic E-state index is 3.55. The molecule has 0 saturated heterocycles. The van der Waals surface area contributed by atoms with Crippen LogP contribution in [0.4, 0.5) is 5.69 Å². The first-order chi connectivity index (χ1) is 7.66. The molecule has 2 rings (SSSR count). The van der Waals surface area contributed by atoms with Crippen molar-refractivity contribution in [1.82, 2.24) is 0 Å². The van der Waals surface area contributed by atoms with Crippen LogP contribution < -0.4 is 5.32 Å². The zero-order valence-corrected chi connectivity index (χ0v) is 10.8. The van der Waals surface area contributed by atoms with Crippen molar-refractivity contribution in [3.05, 3.63) is 51.7 Å². The van der Waals surface area contributed by atoms with Gasteiger partial charge in [-0.15, -0.1) is 0 Å². The van der Waals surface area contributed by atoms with Gasteiger partial charge in [0.15, 0.2) is 0 Å². The minimum absolute atomic E-state index is 0.368. The normalized spacial score (nSPS) is 12.4. The maximum atomic E-state index is 3.55. The molecule has 0 fully saturated rings. The van der Waals surface area contributed by atoms with Crippen LogP contribution in [0, 0.1) is 13.8 Å².